The van der Waals surface area contributed by atoms with E-state index >= 15 is 0 Å². The normalized spacial score (nSPS) is 23.3. The van der Waals surface area contributed by atoms with Crippen LogP contribution < -0.4 is 5.32 Å². The number of nitrogens with zero attached hydrogens (tertiary/aromatic N) is 1. The highest BCUT2D eigenvalue weighted by molar-refractivity contribution is 6.33. The number of alkyl carbamates (subject to hydrolysis) is 1. The van der Waals surface area contributed by atoms with Crippen LogP contribution in [0.25, 0.3) is 11.1 Å². The molecule has 1 saturated heterocycles. The van der Waals surface area contributed by atoms with Crippen molar-refractivity contribution in [2.24, 2.45) is 0 Å². The zero-order valence-corrected chi connectivity index (χ0v) is 20.6. The summed E-state index contributed by atoms with van der Waals surface area (Å²) in [6, 6.07) is 11.9. The second-order valence-corrected chi connectivity index (χ2v) is 9.30. The molecule has 1 heterocycles. The van der Waals surface area contributed by atoms with Crippen molar-refractivity contribution in [3.05, 3.63) is 58.1 Å². The lowest BCUT2D eigenvalue weighted by molar-refractivity contribution is -0.254. The fourth-order valence-electron chi connectivity index (χ4n) is 5.27. The number of hydrogen-bond donors (Lipinski definition) is 2. The number of morpholine rings is 1. The fourth-order valence-corrected chi connectivity index (χ4v) is 5.54. The van der Waals surface area contributed by atoms with Gasteiger partial charge in [0.2, 0.25) is 5.91 Å². The zero-order chi connectivity index (χ0) is 24.5. The van der Waals surface area contributed by atoms with Gasteiger partial charge in [-0.3, -0.25) is 4.79 Å². The molecule has 1 fully saturated rings. The van der Waals surface area contributed by atoms with Crippen LogP contribution in [0.4, 0.5) is 4.79 Å². The lowest BCUT2D eigenvalue weighted by Crippen LogP contribution is -2.68. The average Bonchev–Trinajstić information content (AvgIpc) is 2.86. The summed E-state index contributed by atoms with van der Waals surface area (Å²) in [5.74, 6) is -0.0596. The molecule has 0 aromatic heterocycles. The van der Waals surface area contributed by atoms with E-state index < -0.39 is 17.3 Å². The van der Waals surface area contributed by atoms with Gasteiger partial charge in [0, 0.05) is 36.2 Å². The smallest absolute Gasteiger partial charge is 0.406 e. The Hall–Kier alpha value is -2.61. The van der Waals surface area contributed by atoms with Crippen molar-refractivity contribution in [1.29, 1.82) is 0 Å². The van der Waals surface area contributed by atoms with Crippen molar-refractivity contribution < 1.29 is 24.2 Å². The monoisotopic (exact) mass is 486 g/mol. The topological polar surface area (TPSA) is 88.1 Å². The molecule has 2 aromatic carbocycles. The number of nitrogens with one attached hydrogen (secondary N) is 1. The van der Waals surface area contributed by atoms with E-state index in [1.54, 1.807) is 4.90 Å². The van der Waals surface area contributed by atoms with Crippen LogP contribution in [0.1, 0.15) is 43.4 Å². The predicted molar refractivity (Wildman–Crippen MR) is 130 cm³/mol. The Morgan fingerprint density at radius 1 is 1.29 bits per heavy atom. The van der Waals surface area contributed by atoms with Gasteiger partial charge in [-0.15, -0.1) is 0 Å². The number of benzene rings is 2. The van der Waals surface area contributed by atoms with Crippen LogP contribution in [0.5, 0.6) is 0 Å². The van der Waals surface area contributed by atoms with Crippen LogP contribution in [0.15, 0.2) is 36.4 Å². The Bertz CT molecular complexity index is 1110. The molecular formula is C26H31ClN2O5. The van der Waals surface area contributed by atoms with Crippen LogP contribution in [-0.4, -0.2) is 55.4 Å². The number of methoxy groups -OCH3 is 1. The van der Waals surface area contributed by atoms with Gasteiger partial charge in [0.1, 0.15) is 11.2 Å². The Labute approximate surface area is 205 Å². The Morgan fingerprint density at radius 2 is 2.09 bits per heavy atom. The predicted octanol–water partition coefficient (Wildman–Crippen LogP) is 3.98. The first kappa shape index (κ1) is 24.5. The van der Waals surface area contributed by atoms with Crippen LogP contribution in [0.3, 0.4) is 0 Å². The first-order valence-corrected chi connectivity index (χ1v) is 12.0. The zero-order valence-electron chi connectivity index (χ0n) is 19.8. The maximum absolute atomic E-state index is 12.3. The van der Waals surface area contributed by atoms with Gasteiger partial charge in [-0.1, -0.05) is 48.9 Å². The van der Waals surface area contributed by atoms with E-state index in [4.69, 9.17) is 16.3 Å². The maximum Gasteiger partial charge on any atom is 0.406 e. The quantitative estimate of drug-likeness (QED) is 0.603. The molecule has 1 spiro atoms. The molecule has 34 heavy (non-hydrogen) atoms. The number of amides is 2. The SMILES string of the molecule is CCc1cccc(-c2c(Cl)ccc3c2[C@](O)(CCCNC(=O)OC)[C@]32CN(C(C)=O)CCO2)c1. The summed E-state index contributed by atoms with van der Waals surface area (Å²) in [4.78, 5) is 25.4. The number of aliphatic hydroxyl groups is 1. The highest BCUT2D eigenvalue weighted by Gasteiger charge is 2.66. The highest BCUT2D eigenvalue weighted by atomic mass is 35.5. The number of halogens is 1. The Morgan fingerprint density at radius 3 is 2.79 bits per heavy atom. The third-order valence-electron chi connectivity index (χ3n) is 7.03. The van der Waals surface area contributed by atoms with Crippen molar-refractivity contribution >= 4 is 23.6 Å². The summed E-state index contributed by atoms with van der Waals surface area (Å²) < 4.78 is 10.9. The van der Waals surface area contributed by atoms with Gasteiger partial charge >= 0.3 is 6.09 Å². The highest BCUT2D eigenvalue weighted by Crippen LogP contribution is 2.62. The fraction of sp³-hybridized carbons (Fsp3) is 0.462. The van der Waals surface area contributed by atoms with Crippen LogP contribution in [0.2, 0.25) is 5.02 Å². The maximum atomic E-state index is 12.3. The molecule has 2 atom stereocenters. The van der Waals surface area contributed by atoms with E-state index in [-0.39, 0.29) is 12.5 Å². The molecule has 4 rings (SSSR count). The second-order valence-electron chi connectivity index (χ2n) is 8.90. The third kappa shape index (κ3) is 3.96. The summed E-state index contributed by atoms with van der Waals surface area (Å²) in [7, 11) is 1.31. The van der Waals surface area contributed by atoms with E-state index in [9.17, 15) is 14.7 Å². The number of carbonyl (C=O) groups excluding carboxylic acids is 2. The van der Waals surface area contributed by atoms with Crippen LogP contribution in [-0.2, 0) is 31.9 Å². The van der Waals surface area contributed by atoms with Gasteiger partial charge in [0.25, 0.3) is 0 Å². The van der Waals surface area contributed by atoms with Gasteiger partial charge in [-0.2, -0.15) is 0 Å². The van der Waals surface area contributed by atoms with Gasteiger partial charge in [0.15, 0.2) is 0 Å². The minimum atomic E-state index is -1.39. The summed E-state index contributed by atoms with van der Waals surface area (Å²) in [6.07, 6.45) is 1.16. The lowest BCUT2D eigenvalue weighted by atomic mass is 9.56. The standard InChI is InChI=1S/C26H31ClN2O5/c1-4-18-7-5-8-19(15-18)22-21(27)10-9-20-23(22)25(32,11-6-12-28-24(31)33-3)26(20)16-29(17(2)30)13-14-34-26/h5,7-10,15,32H,4,6,11-14,16H2,1-3H3,(H,28,31)/t25-,26+/m1/s1. The van der Waals surface area contributed by atoms with Crippen molar-refractivity contribution in [3.63, 3.8) is 0 Å². The molecule has 182 valence electrons. The van der Waals surface area contributed by atoms with E-state index in [0.29, 0.717) is 37.6 Å². The number of fused-ring (bicyclic) bond motifs is 2. The minimum Gasteiger partial charge on any atom is -0.453 e. The number of ether oxygens (including phenoxy) is 2. The van der Waals surface area contributed by atoms with E-state index in [2.05, 4.69) is 29.1 Å². The van der Waals surface area contributed by atoms with Gasteiger partial charge in [-0.05, 0) is 42.0 Å². The Balaban J connectivity index is 1.80. The number of carbonyl (C=O) groups is 2. The largest absolute Gasteiger partial charge is 0.453 e. The molecule has 8 heteroatoms. The molecule has 7 nitrogen and oxygen atoms in total. The van der Waals surface area contributed by atoms with E-state index in [1.165, 1.54) is 19.6 Å². The molecule has 1 aliphatic carbocycles. The summed E-state index contributed by atoms with van der Waals surface area (Å²) >= 11 is 6.73. The van der Waals surface area contributed by atoms with Crippen molar-refractivity contribution in [1.82, 2.24) is 10.2 Å². The van der Waals surface area contributed by atoms with Crippen molar-refractivity contribution in [2.75, 3.05) is 33.4 Å². The average molecular weight is 487 g/mol. The van der Waals surface area contributed by atoms with Crippen LogP contribution in [0, 0.1) is 0 Å². The van der Waals surface area contributed by atoms with E-state index in [1.807, 2.05) is 24.3 Å². The molecule has 2 aliphatic rings. The number of aryl methyl sites for hydroxylation is 1. The van der Waals surface area contributed by atoms with Crippen molar-refractivity contribution in [3.8, 4) is 11.1 Å². The first-order valence-electron chi connectivity index (χ1n) is 11.6. The molecule has 2 amide bonds. The molecule has 2 N–H and O–H groups in total. The van der Waals surface area contributed by atoms with Crippen LogP contribution >= 0.6 is 11.6 Å². The minimum absolute atomic E-state index is 0.0596. The molecular weight excluding hydrogens is 456 g/mol. The van der Waals surface area contributed by atoms with Gasteiger partial charge < -0.3 is 24.8 Å². The summed E-state index contributed by atoms with van der Waals surface area (Å²) in [5, 5.41) is 15.5. The second kappa shape index (κ2) is 9.56. The molecule has 0 unspecified atom stereocenters. The number of hydrogen-bond acceptors (Lipinski definition) is 5. The molecule has 0 bridgehead atoms. The van der Waals surface area contributed by atoms with E-state index in [0.717, 1.165) is 28.7 Å². The van der Waals surface area contributed by atoms with Crippen molar-refractivity contribution in [2.45, 2.75) is 44.3 Å². The molecule has 0 saturated carbocycles. The molecule has 2 aromatic rings. The summed E-state index contributed by atoms with van der Waals surface area (Å²) in [6.45, 7) is 5.01. The third-order valence-corrected chi connectivity index (χ3v) is 7.35. The first-order chi connectivity index (χ1) is 16.3. The van der Waals surface area contributed by atoms with Gasteiger partial charge in [-0.25, -0.2) is 4.79 Å². The van der Waals surface area contributed by atoms with Gasteiger partial charge in [0.05, 0.1) is 20.3 Å². The summed E-state index contributed by atoms with van der Waals surface area (Å²) in [5.41, 5.74) is 2.02. The Kier molecular flexibility index (Phi) is 6.90. The molecule has 1 aliphatic heterocycles. The number of rotatable bonds is 6. The lowest BCUT2D eigenvalue weighted by Gasteiger charge is -2.60. The molecule has 0 radical (unpaired) electrons.